The lowest BCUT2D eigenvalue weighted by atomic mass is 10.3. The SMILES string of the molecule is C/C=C/CCNC(=O)c1ccc(CSC)o1. The van der Waals surface area contributed by atoms with Gasteiger partial charge in [-0.15, -0.1) is 0 Å². The zero-order valence-corrected chi connectivity index (χ0v) is 10.5. The van der Waals surface area contributed by atoms with Crippen molar-refractivity contribution in [1.82, 2.24) is 5.32 Å². The molecule has 0 spiro atoms. The van der Waals surface area contributed by atoms with E-state index in [0.29, 0.717) is 12.3 Å². The summed E-state index contributed by atoms with van der Waals surface area (Å²) in [5.41, 5.74) is 0. The summed E-state index contributed by atoms with van der Waals surface area (Å²) < 4.78 is 5.39. The quantitative estimate of drug-likeness (QED) is 0.613. The van der Waals surface area contributed by atoms with Gasteiger partial charge in [0.05, 0.1) is 5.75 Å². The maximum atomic E-state index is 11.6. The number of amides is 1. The fourth-order valence-corrected chi connectivity index (χ4v) is 1.68. The Bertz CT molecular complexity index is 358. The van der Waals surface area contributed by atoms with E-state index in [1.807, 2.05) is 31.4 Å². The zero-order valence-electron chi connectivity index (χ0n) is 9.66. The maximum Gasteiger partial charge on any atom is 0.287 e. The van der Waals surface area contributed by atoms with Crippen LogP contribution < -0.4 is 5.32 Å². The van der Waals surface area contributed by atoms with Gasteiger partial charge >= 0.3 is 0 Å². The minimum atomic E-state index is -0.142. The van der Waals surface area contributed by atoms with Gasteiger partial charge in [0.2, 0.25) is 0 Å². The zero-order chi connectivity index (χ0) is 11.8. The second kappa shape index (κ2) is 7.17. The number of thioether (sulfide) groups is 1. The lowest BCUT2D eigenvalue weighted by Gasteiger charge is -1.99. The predicted molar refractivity (Wildman–Crippen MR) is 67.7 cm³/mol. The Labute approximate surface area is 100 Å². The molecule has 1 N–H and O–H groups in total. The summed E-state index contributed by atoms with van der Waals surface area (Å²) in [7, 11) is 0. The molecule has 0 atom stereocenters. The number of furan rings is 1. The smallest absolute Gasteiger partial charge is 0.287 e. The average Bonchev–Trinajstić information content (AvgIpc) is 2.73. The molecule has 0 unspecified atom stereocenters. The molecule has 0 aliphatic heterocycles. The van der Waals surface area contributed by atoms with Crippen molar-refractivity contribution in [3.8, 4) is 0 Å². The minimum Gasteiger partial charge on any atom is -0.455 e. The second-order valence-corrected chi connectivity index (χ2v) is 4.18. The van der Waals surface area contributed by atoms with Crippen LogP contribution in [0.5, 0.6) is 0 Å². The minimum absolute atomic E-state index is 0.142. The van der Waals surface area contributed by atoms with E-state index in [1.54, 1.807) is 17.8 Å². The third kappa shape index (κ3) is 4.14. The molecular formula is C12H17NO2S. The monoisotopic (exact) mass is 239 g/mol. The van der Waals surface area contributed by atoms with Gasteiger partial charge in [-0.2, -0.15) is 11.8 Å². The molecule has 0 aliphatic carbocycles. The normalized spacial score (nSPS) is 10.9. The Morgan fingerprint density at radius 1 is 1.56 bits per heavy atom. The molecule has 0 saturated heterocycles. The van der Waals surface area contributed by atoms with Crippen molar-refractivity contribution < 1.29 is 9.21 Å². The molecule has 1 aromatic rings. The molecular weight excluding hydrogens is 222 g/mol. The van der Waals surface area contributed by atoms with Crippen LogP contribution in [0.1, 0.15) is 29.7 Å². The Hall–Kier alpha value is -1.16. The van der Waals surface area contributed by atoms with Crippen LogP contribution in [0.4, 0.5) is 0 Å². The third-order valence-corrected chi connectivity index (χ3v) is 2.58. The molecule has 0 saturated carbocycles. The van der Waals surface area contributed by atoms with E-state index >= 15 is 0 Å². The molecule has 1 amide bonds. The first-order chi connectivity index (χ1) is 7.77. The summed E-state index contributed by atoms with van der Waals surface area (Å²) in [5, 5.41) is 2.80. The van der Waals surface area contributed by atoms with Gasteiger partial charge in [-0.3, -0.25) is 4.79 Å². The summed E-state index contributed by atoms with van der Waals surface area (Å²) in [5.74, 6) is 1.89. The second-order valence-electron chi connectivity index (χ2n) is 3.31. The molecule has 16 heavy (non-hydrogen) atoms. The van der Waals surface area contributed by atoms with Gasteiger partial charge in [0.25, 0.3) is 5.91 Å². The van der Waals surface area contributed by atoms with E-state index in [-0.39, 0.29) is 5.91 Å². The average molecular weight is 239 g/mol. The number of carbonyl (C=O) groups is 1. The highest BCUT2D eigenvalue weighted by molar-refractivity contribution is 7.97. The Balaban J connectivity index is 2.40. The van der Waals surface area contributed by atoms with Gasteiger partial charge in [0.1, 0.15) is 5.76 Å². The van der Waals surface area contributed by atoms with Crippen LogP contribution in [0.2, 0.25) is 0 Å². The van der Waals surface area contributed by atoms with Gasteiger partial charge in [0, 0.05) is 6.54 Å². The first-order valence-corrected chi connectivity index (χ1v) is 6.64. The molecule has 0 radical (unpaired) electrons. The van der Waals surface area contributed by atoms with Crippen LogP contribution in [0, 0.1) is 0 Å². The number of allylic oxidation sites excluding steroid dienone is 1. The molecule has 0 aromatic carbocycles. The number of hydrogen-bond acceptors (Lipinski definition) is 3. The largest absolute Gasteiger partial charge is 0.455 e. The fourth-order valence-electron chi connectivity index (χ4n) is 1.24. The van der Waals surface area contributed by atoms with Crippen molar-refractivity contribution in [2.24, 2.45) is 0 Å². The van der Waals surface area contributed by atoms with Gasteiger partial charge in [-0.05, 0) is 31.7 Å². The van der Waals surface area contributed by atoms with Crippen molar-refractivity contribution in [3.63, 3.8) is 0 Å². The van der Waals surface area contributed by atoms with E-state index in [1.165, 1.54) is 0 Å². The molecule has 1 aromatic heterocycles. The van der Waals surface area contributed by atoms with Gasteiger partial charge < -0.3 is 9.73 Å². The molecule has 3 nitrogen and oxygen atoms in total. The number of carbonyl (C=O) groups excluding carboxylic acids is 1. The first kappa shape index (κ1) is 12.9. The van der Waals surface area contributed by atoms with Crippen LogP contribution in [-0.2, 0) is 5.75 Å². The fraction of sp³-hybridized carbons (Fsp3) is 0.417. The third-order valence-electron chi connectivity index (χ3n) is 2.00. The van der Waals surface area contributed by atoms with E-state index in [9.17, 15) is 4.79 Å². The van der Waals surface area contributed by atoms with Crippen LogP contribution in [0.3, 0.4) is 0 Å². The van der Waals surface area contributed by atoms with Crippen LogP contribution in [0.15, 0.2) is 28.7 Å². The summed E-state index contributed by atoms with van der Waals surface area (Å²) >= 11 is 1.67. The maximum absolute atomic E-state index is 11.6. The van der Waals surface area contributed by atoms with Crippen LogP contribution in [0.25, 0.3) is 0 Å². The summed E-state index contributed by atoms with van der Waals surface area (Å²) in [4.78, 5) is 11.6. The molecule has 0 fully saturated rings. The van der Waals surface area contributed by atoms with E-state index < -0.39 is 0 Å². The number of nitrogens with one attached hydrogen (secondary N) is 1. The topological polar surface area (TPSA) is 42.2 Å². The van der Waals surface area contributed by atoms with Crippen molar-refractivity contribution >= 4 is 17.7 Å². The van der Waals surface area contributed by atoms with Gasteiger partial charge in [-0.25, -0.2) is 0 Å². The number of hydrogen-bond donors (Lipinski definition) is 1. The van der Waals surface area contributed by atoms with Crippen molar-refractivity contribution in [2.45, 2.75) is 19.1 Å². The van der Waals surface area contributed by atoms with Crippen LogP contribution >= 0.6 is 11.8 Å². The lowest BCUT2D eigenvalue weighted by molar-refractivity contribution is 0.0925. The van der Waals surface area contributed by atoms with E-state index in [0.717, 1.165) is 17.9 Å². The van der Waals surface area contributed by atoms with Crippen molar-refractivity contribution in [3.05, 3.63) is 35.8 Å². The number of rotatable bonds is 6. The molecule has 1 rings (SSSR count). The Morgan fingerprint density at radius 3 is 3.06 bits per heavy atom. The van der Waals surface area contributed by atoms with Crippen molar-refractivity contribution in [1.29, 1.82) is 0 Å². The standard InChI is InChI=1S/C12H17NO2S/c1-3-4-5-8-13-12(14)11-7-6-10(15-11)9-16-2/h3-4,6-7H,5,8-9H2,1-2H3,(H,13,14)/b4-3+. The van der Waals surface area contributed by atoms with Gasteiger partial charge in [0.15, 0.2) is 5.76 Å². The highest BCUT2D eigenvalue weighted by Crippen LogP contribution is 2.13. The Kier molecular flexibility index (Phi) is 5.78. The Morgan fingerprint density at radius 2 is 2.38 bits per heavy atom. The highest BCUT2D eigenvalue weighted by atomic mass is 32.2. The molecule has 88 valence electrons. The van der Waals surface area contributed by atoms with Crippen LogP contribution in [-0.4, -0.2) is 18.7 Å². The summed E-state index contributed by atoms with van der Waals surface area (Å²) in [6.45, 7) is 2.60. The molecule has 4 heteroatoms. The van der Waals surface area contributed by atoms with Gasteiger partial charge in [-0.1, -0.05) is 12.2 Å². The van der Waals surface area contributed by atoms with Crippen molar-refractivity contribution in [2.75, 3.05) is 12.8 Å². The molecule has 0 bridgehead atoms. The predicted octanol–water partition coefficient (Wildman–Crippen LogP) is 2.84. The summed E-state index contributed by atoms with van der Waals surface area (Å²) in [6, 6.07) is 3.56. The van der Waals surface area contributed by atoms with E-state index in [4.69, 9.17) is 4.42 Å². The summed E-state index contributed by atoms with van der Waals surface area (Å²) in [6.07, 6.45) is 6.83. The lowest BCUT2D eigenvalue weighted by Crippen LogP contribution is -2.23. The first-order valence-electron chi connectivity index (χ1n) is 5.25. The highest BCUT2D eigenvalue weighted by Gasteiger charge is 2.09. The molecule has 1 heterocycles. The molecule has 0 aliphatic rings. The van der Waals surface area contributed by atoms with E-state index in [2.05, 4.69) is 5.32 Å².